The quantitative estimate of drug-likeness (QED) is 0.112. The van der Waals surface area contributed by atoms with Crippen molar-refractivity contribution in [3.63, 3.8) is 0 Å². The smallest absolute Gasteiger partial charge is 0.303 e. The average molecular weight is 678 g/mol. The summed E-state index contributed by atoms with van der Waals surface area (Å²) in [6.07, 6.45) is -15.4. The SMILES string of the molecule is CC(=O)OCC1O[C@@H](O[C@@H]2C(COC(C)=O)O[C@@H](N=C=S)C(OC(C)=O)C2OC(C)=O)C(OC(C)=O)C(OC(C)=O)[C@@H]1OC(C)=O. The van der Waals surface area contributed by atoms with E-state index >= 15 is 0 Å². The lowest BCUT2D eigenvalue weighted by Gasteiger charge is -2.48. The molecule has 0 aromatic heterocycles. The third-order valence-corrected chi connectivity index (χ3v) is 6.19. The van der Waals surface area contributed by atoms with E-state index < -0.39 is 116 Å². The Labute approximate surface area is 268 Å². The minimum Gasteiger partial charge on any atom is -0.463 e. The minimum absolute atomic E-state index is 0.542. The van der Waals surface area contributed by atoms with Crippen molar-refractivity contribution in [1.82, 2.24) is 0 Å². The first-order chi connectivity index (χ1) is 21.5. The summed E-state index contributed by atoms with van der Waals surface area (Å²) in [6.45, 7) is 6.30. The Bertz CT molecular complexity index is 1220. The Morgan fingerprint density at radius 2 is 0.935 bits per heavy atom. The number of aliphatic imine (C=N–C) groups is 1. The molecule has 2 saturated heterocycles. The zero-order valence-corrected chi connectivity index (χ0v) is 26.8. The maximum absolute atomic E-state index is 12.3. The molecular weight excluding hydrogens is 642 g/mol. The van der Waals surface area contributed by atoms with Gasteiger partial charge in [-0.15, -0.1) is 0 Å². The lowest BCUT2D eigenvalue weighted by molar-refractivity contribution is -0.344. The number of isothiocyanates is 1. The van der Waals surface area contributed by atoms with Crippen LogP contribution in [0.15, 0.2) is 4.99 Å². The van der Waals surface area contributed by atoms with Crippen LogP contribution < -0.4 is 0 Å². The number of rotatable bonds is 12. The van der Waals surface area contributed by atoms with Crippen LogP contribution in [0.1, 0.15) is 48.5 Å². The summed E-state index contributed by atoms with van der Waals surface area (Å²) < 4.78 is 55.3. The van der Waals surface area contributed by atoms with Crippen molar-refractivity contribution in [2.45, 2.75) is 110 Å². The minimum atomic E-state index is -1.78. The second-order valence-electron chi connectivity index (χ2n) is 9.90. The van der Waals surface area contributed by atoms with Gasteiger partial charge in [-0.25, -0.2) is 0 Å². The van der Waals surface area contributed by atoms with Gasteiger partial charge in [0.05, 0.1) is 5.16 Å². The van der Waals surface area contributed by atoms with Crippen LogP contribution in [0.25, 0.3) is 0 Å². The average Bonchev–Trinajstić information content (AvgIpc) is 2.91. The molecule has 2 heterocycles. The van der Waals surface area contributed by atoms with E-state index in [2.05, 4.69) is 22.4 Å². The fraction of sp³-hybridized carbons (Fsp3) is 0.704. The van der Waals surface area contributed by atoms with Crippen molar-refractivity contribution in [3.8, 4) is 0 Å². The molecule has 19 heteroatoms. The van der Waals surface area contributed by atoms with Gasteiger partial charge in [0.2, 0.25) is 0 Å². The van der Waals surface area contributed by atoms with Crippen molar-refractivity contribution in [1.29, 1.82) is 0 Å². The number of hydrogen-bond acceptors (Lipinski definition) is 19. The molecule has 0 spiro atoms. The van der Waals surface area contributed by atoms with Crippen LogP contribution in [0, 0.1) is 0 Å². The van der Waals surface area contributed by atoms with Crippen molar-refractivity contribution in [2.24, 2.45) is 4.99 Å². The Morgan fingerprint density at radius 3 is 1.37 bits per heavy atom. The van der Waals surface area contributed by atoms with E-state index in [9.17, 15) is 33.6 Å². The van der Waals surface area contributed by atoms with E-state index in [1.807, 2.05) is 0 Å². The molecule has 256 valence electrons. The van der Waals surface area contributed by atoms with Crippen molar-refractivity contribution >= 4 is 59.2 Å². The van der Waals surface area contributed by atoms with Gasteiger partial charge in [-0.1, -0.05) is 0 Å². The number of carbonyl (C=O) groups excluding carboxylic acids is 7. The van der Waals surface area contributed by atoms with Gasteiger partial charge in [0.1, 0.15) is 31.5 Å². The zero-order valence-electron chi connectivity index (χ0n) is 26.0. The second-order valence-corrected chi connectivity index (χ2v) is 10.1. The number of ether oxygens (including phenoxy) is 10. The van der Waals surface area contributed by atoms with Crippen molar-refractivity contribution < 1.29 is 80.9 Å². The van der Waals surface area contributed by atoms with E-state index in [1.165, 1.54) is 0 Å². The Hall–Kier alpha value is -4.03. The summed E-state index contributed by atoms with van der Waals surface area (Å²) in [6, 6.07) is 0. The number of esters is 7. The van der Waals surface area contributed by atoms with Gasteiger partial charge >= 0.3 is 41.8 Å². The molecule has 0 aromatic rings. The number of thiocarbonyl (C=S) groups is 1. The summed E-state index contributed by atoms with van der Waals surface area (Å²) in [7, 11) is 0. The molecule has 10 atom stereocenters. The molecule has 6 unspecified atom stereocenters. The Balaban J connectivity index is 2.73. The highest BCUT2D eigenvalue weighted by molar-refractivity contribution is 7.78. The zero-order chi connectivity index (χ0) is 34.7. The first-order valence-electron chi connectivity index (χ1n) is 13.7. The van der Waals surface area contributed by atoms with Crippen LogP contribution in [0.2, 0.25) is 0 Å². The summed E-state index contributed by atoms with van der Waals surface area (Å²) in [5.41, 5.74) is 0. The fourth-order valence-corrected chi connectivity index (χ4v) is 4.75. The summed E-state index contributed by atoms with van der Waals surface area (Å²) in [4.78, 5) is 88.1. The van der Waals surface area contributed by atoms with E-state index in [4.69, 9.17) is 47.4 Å². The molecule has 0 bridgehead atoms. The predicted molar refractivity (Wildman–Crippen MR) is 148 cm³/mol. The van der Waals surface area contributed by atoms with Crippen LogP contribution >= 0.6 is 12.2 Å². The van der Waals surface area contributed by atoms with Gasteiger partial charge in [0, 0.05) is 48.5 Å². The van der Waals surface area contributed by atoms with Gasteiger partial charge in [-0.3, -0.25) is 33.6 Å². The van der Waals surface area contributed by atoms with E-state index in [-0.39, 0.29) is 0 Å². The molecule has 2 rings (SSSR count). The van der Waals surface area contributed by atoms with E-state index in [1.54, 1.807) is 0 Å². The standard InChI is InChI=1S/C27H35NO17S/c1-11(29)36-8-18-21(22(39-14(4)32)24(41-16(6)34)26(43-18)28-10-46)45-27-25(42-17(7)35)23(40-15(5)33)20(38-13(3)31)19(44-27)9-37-12(2)30/h18-27H,8-9H2,1-7H3/t18?,19?,20-,21-,22?,23?,24?,25?,26-,27+/m1/s1. The highest BCUT2D eigenvalue weighted by Crippen LogP contribution is 2.35. The first-order valence-corrected chi connectivity index (χ1v) is 14.1. The third kappa shape index (κ3) is 11.4. The van der Waals surface area contributed by atoms with Gasteiger partial charge < -0.3 is 47.4 Å². The Morgan fingerprint density at radius 1 is 0.543 bits per heavy atom. The molecule has 0 aliphatic carbocycles. The molecule has 0 aromatic carbocycles. The largest absolute Gasteiger partial charge is 0.463 e. The van der Waals surface area contributed by atoms with Crippen LogP contribution in [0.4, 0.5) is 0 Å². The maximum atomic E-state index is 12.3. The van der Waals surface area contributed by atoms with Crippen LogP contribution in [-0.2, 0) is 80.9 Å². The van der Waals surface area contributed by atoms with Crippen LogP contribution in [-0.4, -0.2) is 122 Å². The molecule has 2 fully saturated rings. The summed E-state index contributed by atoms with van der Waals surface area (Å²) in [5.74, 6) is -5.88. The molecule has 46 heavy (non-hydrogen) atoms. The van der Waals surface area contributed by atoms with E-state index in [0.29, 0.717) is 0 Å². The fourth-order valence-electron chi connectivity index (χ4n) is 4.65. The van der Waals surface area contributed by atoms with Crippen LogP contribution in [0.3, 0.4) is 0 Å². The lowest BCUT2D eigenvalue weighted by atomic mass is 9.95. The lowest BCUT2D eigenvalue weighted by Crippen LogP contribution is -2.67. The molecule has 2 aliphatic rings. The number of nitrogens with zero attached hydrogens (tertiary/aromatic N) is 1. The molecule has 0 radical (unpaired) electrons. The van der Waals surface area contributed by atoms with Gasteiger partial charge in [-0.2, -0.15) is 4.99 Å². The second kappa shape index (κ2) is 17.6. The predicted octanol–water partition coefficient (Wildman–Crippen LogP) is -0.291. The highest BCUT2D eigenvalue weighted by Gasteiger charge is 2.57. The molecule has 18 nitrogen and oxygen atoms in total. The van der Waals surface area contributed by atoms with Crippen LogP contribution in [0.5, 0.6) is 0 Å². The molecule has 0 amide bonds. The van der Waals surface area contributed by atoms with Gasteiger partial charge in [-0.05, 0) is 12.2 Å². The normalized spacial score (nSPS) is 30.3. The summed E-state index contributed by atoms with van der Waals surface area (Å²) >= 11 is 4.69. The topological polar surface area (TPSA) is 224 Å². The Kier molecular flexibility index (Phi) is 14.6. The monoisotopic (exact) mass is 677 g/mol. The highest BCUT2D eigenvalue weighted by atomic mass is 32.1. The van der Waals surface area contributed by atoms with Crippen molar-refractivity contribution in [2.75, 3.05) is 13.2 Å². The third-order valence-electron chi connectivity index (χ3n) is 6.08. The summed E-state index contributed by atoms with van der Waals surface area (Å²) in [5, 5.41) is 2.09. The first kappa shape index (κ1) is 38.2. The molecule has 0 N–H and O–H groups in total. The number of carbonyl (C=O) groups is 7. The van der Waals surface area contributed by atoms with Gasteiger partial charge in [0.15, 0.2) is 43.0 Å². The van der Waals surface area contributed by atoms with E-state index in [0.717, 1.165) is 48.5 Å². The van der Waals surface area contributed by atoms with Gasteiger partial charge in [0.25, 0.3) is 0 Å². The van der Waals surface area contributed by atoms with Crippen molar-refractivity contribution in [3.05, 3.63) is 0 Å². The molecule has 2 aliphatic heterocycles. The number of hydrogen-bond donors (Lipinski definition) is 0. The molecular formula is C27H35NO17S. The maximum Gasteiger partial charge on any atom is 0.303 e. The molecule has 0 saturated carbocycles.